The van der Waals surface area contributed by atoms with Crippen molar-refractivity contribution in [1.29, 1.82) is 0 Å². The van der Waals surface area contributed by atoms with E-state index in [-0.39, 0.29) is 11.3 Å². The van der Waals surface area contributed by atoms with Gasteiger partial charge in [-0.15, -0.1) is 0 Å². The summed E-state index contributed by atoms with van der Waals surface area (Å²) >= 11 is 0. The van der Waals surface area contributed by atoms with Crippen LogP contribution in [0.25, 0.3) is 0 Å². The summed E-state index contributed by atoms with van der Waals surface area (Å²) in [5.41, 5.74) is 1.26. The zero-order valence-corrected chi connectivity index (χ0v) is 14.9. The Balaban J connectivity index is 3.08. The van der Waals surface area contributed by atoms with Crippen LogP contribution in [-0.4, -0.2) is 34.8 Å². The van der Waals surface area contributed by atoms with Gasteiger partial charge in [0.2, 0.25) is 5.91 Å². The molecular formula is C17H23N3O5. The van der Waals surface area contributed by atoms with E-state index in [2.05, 4.69) is 16.0 Å². The Hall–Kier alpha value is -2.90. The van der Waals surface area contributed by atoms with Crippen molar-refractivity contribution in [3.63, 3.8) is 0 Å². The van der Waals surface area contributed by atoms with Crippen molar-refractivity contribution in [3.8, 4) is 0 Å². The van der Waals surface area contributed by atoms with Gasteiger partial charge >= 0.3 is 17.8 Å². The number of carbonyl (C=O) groups excluding carboxylic acids is 3. The van der Waals surface area contributed by atoms with Crippen LogP contribution in [0.1, 0.15) is 40.2 Å². The van der Waals surface area contributed by atoms with Crippen molar-refractivity contribution in [1.82, 2.24) is 5.32 Å². The lowest BCUT2D eigenvalue weighted by atomic mass is 9.85. The molecule has 0 saturated heterocycles. The maximum atomic E-state index is 12.1. The summed E-state index contributed by atoms with van der Waals surface area (Å²) in [7, 11) is 0. The average molecular weight is 349 g/mol. The molecule has 0 spiro atoms. The molecule has 8 nitrogen and oxygen atoms in total. The smallest absolute Gasteiger partial charge is 0.325 e. The first-order valence-electron chi connectivity index (χ1n) is 7.68. The second kappa shape index (κ2) is 7.78. The highest BCUT2D eigenvalue weighted by molar-refractivity contribution is 6.40. The highest BCUT2D eigenvalue weighted by Crippen LogP contribution is 2.31. The molecule has 1 atom stereocenters. The first kappa shape index (κ1) is 20.1. The molecule has 0 bridgehead atoms. The Bertz CT molecular complexity index is 707. The summed E-state index contributed by atoms with van der Waals surface area (Å²) in [6.07, 6.45) is 0. The minimum Gasteiger partial charge on any atom is -0.480 e. The van der Waals surface area contributed by atoms with E-state index in [9.17, 15) is 19.2 Å². The van der Waals surface area contributed by atoms with Gasteiger partial charge in [-0.2, -0.15) is 0 Å². The van der Waals surface area contributed by atoms with E-state index in [1.165, 1.54) is 13.8 Å². The summed E-state index contributed by atoms with van der Waals surface area (Å²) in [5, 5.41) is 16.0. The summed E-state index contributed by atoms with van der Waals surface area (Å²) < 4.78 is 0. The van der Waals surface area contributed by atoms with Gasteiger partial charge in [0.05, 0.1) is 0 Å². The lowest BCUT2D eigenvalue weighted by molar-refractivity contribution is -0.143. The standard InChI is InChI=1S/C17H23N3O5/c1-9(16(24)25)18-14(22)15(23)20-13-8-11(19-10(2)21)6-7-12(13)17(3,4)5/h6-9H,1-5H3,(H,18,22)(H,19,21)(H,20,23)(H,24,25). The molecule has 1 aromatic rings. The molecule has 8 heteroatoms. The Kier molecular flexibility index (Phi) is 6.27. The summed E-state index contributed by atoms with van der Waals surface area (Å²) in [6.45, 7) is 8.41. The number of carboxylic acids is 1. The van der Waals surface area contributed by atoms with Crippen molar-refractivity contribution < 1.29 is 24.3 Å². The lowest BCUT2D eigenvalue weighted by Gasteiger charge is -2.24. The zero-order chi connectivity index (χ0) is 19.4. The fraction of sp³-hybridized carbons (Fsp3) is 0.412. The number of nitrogens with one attached hydrogen (secondary N) is 3. The highest BCUT2D eigenvalue weighted by atomic mass is 16.4. The molecule has 0 aliphatic rings. The van der Waals surface area contributed by atoms with Gasteiger partial charge in [0.15, 0.2) is 0 Å². The van der Waals surface area contributed by atoms with Gasteiger partial charge in [-0.25, -0.2) is 0 Å². The molecule has 1 unspecified atom stereocenters. The molecule has 0 radical (unpaired) electrons. The van der Waals surface area contributed by atoms with E-state index in [0.717, 1.165) is 5.56 Å². The quantitative estimate of drug-likeness (QED) is 0.613. The van der Waals surface area contributed by atoms with Crippen LogP contribution in [0.2, 0.25) is 0 Å². The van der Waals surface area contributed by atoms with Crippen LogP contribution < -0.4 is 16.0 Å². The molecule has 136 valence electrons. The number of aliphatic carboxylic acids is 1. The van der Waals surface area contributed by atoms with Crippen molar-refractivity contribution in [2.75, 3.05) is 10.6 Å². The fourth-order valence-corrected chi connectivity index (χ4v) is 2.09. The molecule has 0 aliphatic heterocycles. The predicted molar refractivity (Wildman–Crippen MR) is 93.3 cm³/mol. The highest BCUT2D eigenvalue weighted by Gasteiger charge is 2.24. The molecule has 0 aliphatic carbocycles. The number of rotatable bonds is 4. The lowest BCUT2D eigenvalue weighted by Crippen LogP contribution is -2.44. The summed E-state index contributed by atoms with van der Waals surface area (Å²) in [4.78, 5) is 45.9. The van der Waals surface area contributed by atoms with E-state index in [0.29, 0.717) is 11.4 Å². The second-order valence-electron chi connectivity index (χ2n) is 6.68. The number of benzene rings is 1. The molecular weight excluding hydrogens is 326 g/mol. The van der Waals surface area contributed by atoms with Crippen molar-refractivity contribution in [3.05, 3.63) is 23.8 Å². The topological polar surface area (TPSA) is 125 Å². The molecule has 0 saturated carbocycles. The number of hydrogen-bond donors (Lipinski definition) is 4. The van der Waals surface area contributed by atoms with Crippen molar-refractivity contribution in [2.24, 2.45) is 0 Å². The molecule has 1 rings (SSSR count). The average Bonchev–Trinajstić information content (AvgIpc) is 2.45. The summed E-state index contributed by atoms with van der Waals surface area (Å²) in [5.74, 6) is -3.56. The van der Waals surface area contributed by atoms with Crippen LogP contribution >= 0.6 is 0 Å². The van der Waals surface area contributed by atoms with Gasteiger partial charge in [-0.05, 0) is 30.0 Å². The third kappa shape index (κ3) is 5.91. The van der Waals surface area contributed by atoms with Crippen LogP contribution in [0.3, 0.4) is 0 Å². The maximum absolute atomic E-state index is 12.1. The Morgan fingerprint density at radius 1 is 1.04 bits per heavy atom. The molecule has 0 fully saturated rings. The minimum absolute atomic E-state index is 0.270. The van der Waals surface area contributed by atoms with E-state index in [4.69, 9.17) is 5.11 Å². The first-order valence-corrected chi connectivity index (χ1v) is 7.68. The fourth-order valence-electron chi connectivity index (χ4n) is 2.09. The third-order valence-electron chi connectivity index (χ3n) is 3.32. The Labute approximate surface area is 146 Å². The SMILES string of the molecule is CC(=O)Nc1ccc(C(C)(C)C)c(NC(=O)C(=O)NC(C)C(=O)O)c1. The van der Waals surface area contributed by atoms with E-state index in [1.807, 2.05) is 20.8 Å². The van der Waals surface area contributed by atoms with Gasteiger partial charge in [0.1, 0.15) is 6.04 Å². The number of anilines is 2. The molecule has 0 heterocycles. The Morgan fingerprint density at radius 2 is 1.64 bits per heavy atom. The predicted octanol–water partition coefficient (Wildman–Crippen LogP) is 1.47. The van der Waals surface area contributed by atoms with E-state index >= 15 is 0 Å². The third-order valence-corrected chi connectivity index (χ3v) is 3.32. The van der Waals surface area contributed by atoms with Crippen LogP contribution in [-0.2, 0) is 24.6 Å². The van der Waals surface area contributed by atoms with Gasteiger partial charge < -0.3 is 21.1 Å². The van der Waals surface area contributed by atoms with Crippen LogP contribution in [0, 0.1) is 0 Å². The van der Waals surface area contributed by atoms with Gasteiger partial charge in [0, 0.05) is 18.3 Å². The van der Waals surface area contributed by atoms with Gasteiger partial charge in [-0.3, -0.25) is 19.2 Å². The normalized spacial score (nSPS) is 12.0. The van der Waals surface area contributed by atoms with E-state index < -0.39 is 23.8 Å². The number of amides is 3. The van der Waals surface area contributed by atoms with Gasteiger partial charge in [-0.1, -0.05) is 26.8 Å². The molecule has 3 amide bonds. The minimum atomic E-state index is -1.25. The number of carboxylic acid groups (broad SMARTS) is 1. The summed E-state index contributed by atoms with van der Waals surface area (Å²) in [6, 6.07) is 3.81. The van der Waals surface area contributed by atoms with Crippen LogP contribution in [0.5, 0.6) is 0 Å². The molecule has 4 N–H and O–H groups in total. The maximum Gasteiger partial charge on any atom is 0.325 e. The first-order chi connectivity index (χ1) is 11.4. The van der Waals surface area contributed by atoms with Crippen LogP contribution in [0.15, 0.2) is 18.2 Å². The monoisotopic (exact) mass is 349 g/mol. The van der Waals surface area contributed by atoms with E-state index in [1.54, 1.807) is 18.2 Å². The largest absolute Gasteiger partial charge is 0.480 e. The van der Waals surface area contributed by atoms with Crippen LogP contribution in [0.4, 0.5) is 11.4 Å². The zero-order valence-electron chi connectivity index (χ0n) is 14.9. The molecule has 25 heavy (non-hydrogen) atoms. The number of carbonyl (C=O) groups is 4. The molecule has 1 aromatic carbocycles. The Morgan fingerprint density at radius 3 is 2.12 bits per heavy atom. The van der Waals surface area contributed by atoms with Gasteiger partial charge in [0.25, 0.3) is 0 Å². The molecule has 0 aromatic heterocycles. The van der Waals surface area contributed by atoms with Crippen molar-refractivity contribution in [2.45, 2.75) is 46.1 Å². The second-order valence-corrected chi connectivity index (χ2v) is 6.68. The number of hydrogen-bond acceptors (Lipinski definition) is 4. The van der Waals surface area contributed by atoms with Crippen molar-refractivity contribution >= 4 is 35.1 Å².